The summed E-state index contributed by atoms with van der Waals surface area (Å²) >= 11 is 0. The highest BCUT2D eigenvalue weighted by molar-refractivity contribution is 7.95. The van der Waals surface area contributed by atoms with Crippen molar-refractivity contribution in [3.05, 3.63) is 0 Å². The molecule has 0 saturated carbocycles. The summed E-state index contributed by atoms with van der Waals surface area (Å²) in [5, 5.41) is 2.41. The van der Waals surface area contributed by atoms with Crippen molar-refractivity contribution in [2.75, 3.05) is 23.8 Å². The van der Waals surface area contributed by atoms with Crippen LogP contribution >= 0.6 is 0 Å². The van der Waals surface area contributed by atoms with E-state index in [9.17, 15) is 16.8 Å². The molecule has 2 rings (SSSR count). The third-order valence-electron chi connectivity index (χ3n) is 3.08. The predicted octanol–water partition coefficient (Wildman–Crippen LogP) is -1.05. The van der Waals surface area contributed by atoms with Crippen LogP contribution in [0, 0.1) is 0 Å². The Bertz CT molecular complexity index is 439. The molecule has 2 unspecified atom stereocenters. The summed E-state index contributed by atoms with van der Waals surface area (Å²) in [6, 6.07) is -0.166. The lowest BCUT2D eigenvalue weighted by atomic mass is 10.1. The first-order chi connectivity index (χ1) is 6.91. The van der Waals surface area contributed by atoms with E-state index in [0.29, 0.717) is 19.4 Å². The van der Waals surface area contributed by atoms with Crippen molar-refractivity contribution in [1.82, 2.24) is 5.32 Å². The number of fused-ring (bicyclic) bond motifs is 1. The second-order valence-electron chi connectivity index (χ2n) is 4.22. The molecule has 2 aliphatic rings. The van der Waals surface area contributed by atoms with Gasteiger partial charge in [0, 0.05) is 6.04 Å². The zero-order chi connectivity index (χ0) is 11.1. The Morgan fingerprint density at radius 3 is 2.53 bits per heavy atom. The lowest BCUT2D eigenvalue weighted by Gasteiger charge is -2.29. The van der Waals surface area contributed by atoms with E-state index >= 15 is 0 Å². The number of rotatable bonds is 0. The SMILES string of the molecule is O=S1(=O)CCC2NCCCS(=O)(=O)C2C1. The Labute approximate surface area is 90.1 Å². The van der Waals surface area contributed by atoms with Crippen LogP contribution in [0.1, 0.15) is 12.8 Å². The van der Waals surface area contributed by atoms with Gasteiger partial charge in [0.25, 0.3) is 0 Å². The zero-order valence-corrected chi connectivity index (χ0v) is 9.98. The third-order valence-corrected chi connectivity index (χ3v) is 7.29. The van der Waals surface area contributed by atoms with Crippen LogP contribution in [0.15, 0.2) is 0 Å². The van der Waals surface area contributed by atoms with Gasteiger partial charge in [-0.3, -0.25) is 0 Å². The van der Waals surface area contributed by atoms with Gasteiger partial charge in [0.2, 0.25) is 0 Å². The molecular weight excluding hydrogens is 238 g/mol. The van der Waals surface area contributed by atoms with E-state index in [0.717, 1.165) is 0 Å². The van der Waals surface area contributed by atoms with E-state index < -0.39 is 24.9 Å². The predicted molar refractivity (Wildman–Crippen MR) is 57.3 cm³/mol. The Kier molecular flexibility index (Phi) is 2.81. The number of hydrogen-bond donors (Lipinski definition) is 1. The molecule has 2 saturated heterocycles. The standard InChI is InChI=1S/C8H15NO4S2/c10-14(11)5-2-7-8(6-14)15(12,13)4-1-3-9-7/h7-9H,1-6H2. The highest BCUT2D eigenvalue weighted by Crippen LogP contribution is 2.22. The molecule has 88 valence electrons. The fraction of sp³-hybridized carbons (Fsp3) is 1.00. The molecular formula is C8H15NO4S2. The maximum absolute atomic E-state index is 11.8. The minimum absolute atomic E-state index is 0.108. The van der Waals surface area contributed by atoms with E-state index in [1.54, 1.807) is 0 Å². The topological polar surface area (TPSA) is 80.3 Å². The Morgan fingerprint density at radius 2 is 1.80 bits per heavy atom. The molecule has 2 aliphatic heterocycles. The fourth-order valence-corrected chi connectivity index (χ4v) is 6.79. The zero-order valence-electron chi connectivity index (χ0n) is 8.35. The second kappa shape index (κ2) is 3.71. The minimum Gasteiger partial charge on any atom is -0.313 e. The molecule has 2 heterocycles. The van der Waals surface area contributed by atoms with Crippen molar-refractivity contribution in [2.24, 2.45) is 0 Å². The molecule has 1 N–H and O–H groups in total. The van der Waals surface area contributed by atoms with Crippen LogP contribution < -0.4 is 5.32 Å². The van der Waals surface area contributed by atoms with Gasteiger partial charge in [0.05, 0.1) is 22.5 Å². The van der Waals surface area contributed by atoms with Crippen LogP contribution in [0.5, 0.6) is 0 Å². The molecule has 5 nitrogen and oxygen atoms in total. The highest BCUT2D eigenvalue weighted by Gasteiger charge is 2.41. The molecule has 7 heteroatoms. The maximum Gasteiger partial charge on any atom is 0.155 e. The summed E-state index contributed by atoms with van der Waals surface area (Å²) in [5.74, 6) is 0.0143. The van der Waals surface area contributed by atoms with Crippen LogP contribution in [0.25, 0.3) is 0 Å². The molecule has 0 aromatic rings. The summed E-state index contributed by atoms with van der Waals surface area (Å²) in [6.07, 6.45) is 1.00. The first-order valence-electron chi connectivity index (χ1n) is 5.06. The van der Waals surface area contributed by atoms with Crippen molar-refractivity contribution in [3.8, 4) is 0 Å². The maximum atomic E-state index is 11.8. The fourth-order valence-electron chi connectivity index (χ4n) is 2.24. The average molecular weight is 253 g/mol. The first-order valence-corrected chi connectivity index (χ1v) is 8.60. The highest BCUT2D eigenvalue weighted by atomic mass is 32.2. The molecule has 2 atom stereocenters. The molecule has 0 aromatic carbocycles. The van der Waals surface area contributed by atoms with Gasteiger partial charge in [-0.05, 0) is 19.4 Å². The molecule has 0 radical (unpaired) electrons. The van der Waals surface area contributed by atoms with Gasteiger partial charge in [-0.15, -0.1) is 0 Å². The van der Waals surface area contributed by atoms with Gasteiger partial charge in [-0.25, -0.2) is 16.8 Å². The van der Waals surface area contributed by atoms with E-state index in [1.165, 1.54) is 0 Å². The van der Waals surface area contributed by atoms with Gasteiger partial charge in [0.15, 0.2) is 19.7 Å². The summed E-state index contributed by atoms with van der Waals surface area (Å²) in [6.45, 7) is 0.667. The van der Waals surface area contributed by atoms with Crippen molar-refractivity contribution in [2.45, 2.75) is 24.1 Å². The Balaban J connectivity index is 2.33. The van der Waals surface area contributed by atoms with Gasteiger partial charge in [0.1, 0.15) is 0 Å². The number of sulfone groups is 2. The van der Waals surface area contributed by atoms with E-state index in [-0.39, 0.29) is 23.3 Å². The molecule has 0 aromatic heterocycles. The smallest absolute Gasteiger partial charge is 0.155 e. The van der Waals surface area contributed by atoms with Crippen molar-refractivity contribution in [3.63, 3.8) is 0 Å². The number of hydrogen-bond acceptors (Lipinski definition) is 5. The molecule has 0 aliphatic carbocycles. The molecule has 0 bridgehead atoms. The van der Waals surface area contributed by atoms with Crippen molar-refractivity contribution >= 4 is 19.7 Å². The van der Waals surface area contributed by atoms with Crippen molar-refractivity contribution < 1.29 is 16.8 Å². The van der Waals surface area contributed by atoms with Gasteiger partial charge >= 0.3 is 0 Å². The molecule has 15 heavy (non-hydrogen) atoms. The van der Waals surface area contributed by atoms with Crippen molar-refractivity contribution in [1.29, 1.82) is 0 Å². The van der Waals surface area contributed by atoms with E-state index in [2.05, 4.69) is 5.32 Å². The summed E-state index contributed by atoms with van der Waals surface area (Å²) in [7, 11) is -6.39. The van der Waals surface area contributed by atoms with Gasteiger partial charge in [-0.2, -0.15) is 0 Å². The summed E-state index contributed by atoms with van der Waals surface area (Å²) in [5.41, 5.74) is 0. The Morgan fingerprint density at radius 1 is 1.07 bits per heavy atom. The van der Waals surface area contributed by atoms with Crippen LogP contribution in [-0.2, 0) is 19.7 Å². The summed E-state index contributed by atoms with van der Waals surface area (Å²) < 4.78 is 46.5. The van der Waals surface area contributed by atoms with E-state index in [1.807, 2.05) is 0 Å². The van der Waals surface area contributed by atoms with Gasteiger partial charge < -0.3 is 5.32 Å². The first kappa shape index (κ1) is 11.3. The summed E-state index contributed by atoms with van der Waals surface area (Å²) in [4.78, 5) is 0. The lowest BCUT2D eigenvalue weighted by Crippen LogP contribution is -2.51. The van der Waals surface area contributed by atoms with Gasteiger partial charge in [-0.1, -0.05) is 0 Å². The molecule has 0 amide bonds. The second-order valence-corrected chi connectivity index (χ2v) is 8.79. The van der Waals surface area contributed by atoms with Crippen LogP contribution in [0.3, 0.4) is 0 Å². The largest absolute Gasteiger partial charge is 0.313 e. The molecule has 0 spiro atoms. The quantitative estimate of drug-likeness (QED) is 0.596. The molecule has 2 fully saturated rings. The average Bonchev–Trinajstić information content (AvgIpc) is 2.25. The lowest BCUT2D eigenvalue weighted by molar-refractivity contribution is 0.469. The van der Waals surface area contributed by atoms with Crippen LogP contribution in [0.4, 0.5) is 0 Å². The van der Waals surface area contributed by atoms with Crippen LogP contribution in [0.2, 0.25) is 0 Å². The van der Waals surface area contributed by atoms with E-state index in [4.69, 9.17) is 0 Å². The van der Waals surface area contributed by atoms with Crippen LogP contribution in [-0.4, -0.2) is 51.9 Å². The number of nitrogens with one attached hydrogen (secondary N) is 1. The minimum atomic E-state index is -3.23. The third kappa shape index (κ3) is 2.34. The Hall–Kier alpha value is -0.140. The monoisotopic (exact) mass is 253 g/mol. The normalized spacial score (nSPS) is 38.9.